The molecule has 23 heavy (non-hydrogen) atoms. The molecule has 0 saturated heterocycles. The zero-order valence-corrected chi connectivity index (χ0v) is 14.4. The Hall–Kier alpha value is -2.35. The molecule has 0 aliphatic carbocycles. The topological polar surface area (TPSA) is 80.0 Å². The zero-order valence-electron chi connectivity index (χ0n) is 12.8. The highest BCUT2D eigenvalue weighted by Crippen LogP contribution is 2.20. The first-order valence-electron chi connectivity index (χ1n) is 7.15. The van der Waals surface area contributed by atoms with Crippen molar-refractivity contribution in [2.45, 2.75) is 20.0 Å². The Bertz CT molecular complexity index is 806. The molecule has 1 N–H and O–H groups in total. The predicted octanol–water partition coefficient (Wildman–Crippen LogP) is 2.92. The lowest BCUT2D eigenvalue weighted by molar-refractivity contribution is 0.0775. The van der Waals surface area contributed by atoms with E-state index in [2.05, 4.69) is 31.2 Å². The summed E-state index contributed by atoms with van der Waals surface area (Å²) in [5.41, 5.74) is 1.97. The molecule has 0 atom stereocenters. The van der Waals surface area contributed by atoms with Crippen molar-refractivity contribution in [1.82, 2.24) is 24.9 Å². The molecule has 0 aromatic carbocycles. The summed E-state index contributed by atoms with van der Waals surface area (Å²) < 4.78 is 8.03. The second kappa shape index (κ2) is 6.41. The first-order valence-corrected chi connectivity index (χ1v) is 7.94. The Labute approximate surface area is 141 Å². The number of aromatic amines is 1. The first-order chi connectivity index (χ1) is 11.1. The van der Waals surface area contributed by atoms with E-state index in [0.29, 0.717) is 23.7 Å². The number of nitrogens with zero attached hydrogens (tertiary/aromatic N) is 4. The molecule has 1 amide bonds. The zero-order chi connectivity index (χ0) is 16.4. The van der Waals surface area contributed by atoms with Crippen LogP contribution in [0.5, 0.6) is 0 Å². The van der Waals surface area contributed by atoms with Crippen LogP contribution in [-0.4, -0.2) is 37.8 Å². The summed E-state index contributed by atoms with van der Waals surface area (Å²) in [4.78, 5) is 14.1. The van der Waals surface area contributed by atoms with Crippen LogP contribution in [0.25, 0.3) is 11.5 Å². The molecule has 3 aromatic rings. The van der Waals surface area contributed by atoms with Gasteiger partial charge in [0.15, 0.2) is 11.5 Å². The molecule has 0 bridgehead atoms. The Morgan fingerprint density at radius 2 is 2.35 bits per heavy atom. The van der Waals surface area contributed by atoms with E-state index >= 15 is 0 Å². The van der Waals surface area contributed by atoms with Gasteiger partial charge in [0, 0.05) is 19.7 Å². The highest BCUT2D eigenvalue weighted by molar-refractivity contribution is 9.10. The lowest BCUT2D eigenvalue weighted by Crippen LogP contribution is -2.28. The van der Waals surface area contributed by atoms with Crippen LogP contribution < -0.4 is 0 Å². The van der Waals surface area contributed by atoms with Gasteiger partial charge in [-0.3, -0.25) is 14.6 Å². The van der Waals surface area contributed by atoms with E-state index in [0.717, 1.165) is 16.7 Å². The molecule has 0 saturated carbocycles. The number of aryl methyl sites for hydroxylation is 1. The van der Waals surface area contributed by atoms with E-state index in [1.54, 1.807) is 36.5 Å². The number of hydrogen-bond acceptors (Lipinski definition) is 4. The minimum Gasteiger partial charge on any atom is -0.463 e. The number of carbonyl (C=O) groups is 1. The number of carbonyl (C=O) groups excluding carboxylic acids is 1. The van der Waals surface area contributed by atoms with Gasteiger partial charge in [-0.1, -0.05) is 0 Å². The Balaban J connectivity index is 1.76. The second-order valence-corrected chi connectivity index (χ2v) is 5.91. The Kier molecular flexibility index (Phi) is 4.33. The van der Waals surface area contributed by atoms with Crippen LogP contribution in [-0.2, 0) is 13.1 Å². The standard InChI is InChI=1S/C15H16BrN5O2/c1-3-21-13(10(16)8-17-21)9-20(2)15(22)12-7-11(18-19-12)14-5-4-6-23-14/h4-8H,3,9H2,1-2H3,(H,18,19). The highest BCUT2D eigenvalue weighted by atomic mass is 79.9. The maximum atomic E-state index is 12.5. The number of hydrogen-bond donors (Lipinski definition) is 1. The number of furan rings is 1. The van der Waals surface area contributed by atoms with Crippen molar-refractivity contribution < 1.29 is 9.21 Å². The lowest BCUT2D eigenvalue weighted by atomic mass is 10.2. The minimum atomic E-state index is -0.171. The van der Waals surface area contributed by atoms with Crippen molar-refractivity contribution in [3.63, 3.8) is 0 Å². The summed E-state index contributed by atoms with van der Waals surface area (Å²) in [6.07, 6.45) is 3.31. The van der Waals surface area contributed by atoms with Crippen LogP contribution >= 0.6 is 15.9 Å². The van der Waals surface area contributed by atoms with Crippen LogP contribution in [0.1, 0.15) is 23.1 Å². The third-order valence-electron chi connectivity index (χ3n) is 3.51. The second-order valence-electron chi connectivity index (χ2n) is 5.06. The molecule has 0 radical (unpaired) electrons. The molecule has 3 rings (SSSR count). The van der Waals surface area contributed by atoms with Gasteiger partial charge in [-0.2, -0.15) is 10.2 Å². The van der Waals surface area contributed by atoms with Gasteiger partial charge in [-0.25, -0.2) is 0 Å². The summed E-state index contributed by atoms with van der Waals surface area (Å²) >= 11 is 3.47. The monoisotopic (exact) mass is 377 g/mol. The van der Waals surface area contributed by atoms with Crippen LogP contribution in [0, 0.1) is 0 Å². The molecular weight excluding hydrogens is 362 g/mol. The van der Waals surface area contributed by atoms with Crippen LogP contribution in [0.3, 0.4) is 0 Å². The maximum Gasteiger partial charge on any atom is 0.274 e. The Morgan fingerprint density at radius 1 is 1.52 bits per heavy atom. The molecule has 7 nitrogen and oxygen atoms in total. The van der Waals surface area contributed by atoms with E-state index in [1.165, 1.54) is 0 Å². The molecule has 3 heterocycles. The molecule has 8 heteroatoms. The fourth-order valence-corrected chi connectivity index (χ4v) is 2.72. The quantitative estimate of drug-likeness (QED) is 0.741. The number of H-pyrrole nitrogens is 1. The normalized spacial score (nSPS) is 10.9. The van der Waals surface area contributed by atoms with Gasteiger partial charge in [0.05, 0.1) is 29.2 Å². The van der Waals surface area contributed by atoms with Gasteiger partial charge in [-0.05, 0) is 35.0 Å². The van der Waals surface area contributed by atoms with E-state index in [4.69, 9.17) is 4.42 Å². The van der Waals surface area contributed by atoms with Crippen LogP contribution in [0.2, 0.25) is 0 Å². The minimum absolute atomic E-state index is 0.171. The number of rotatable bonds is 5. The highest BCUT2D eigenvalue weighted by Gasteiger charge is 2.19. The third kappa shape index (κ3) is 3.07. The number of nitrogens with one attached hydrogen (secondary N) is 1. The summed E-state index contributed by atoms with van der Waals surface area (Å²) in [6.45, 7) is 3.19. The molecule has 0 fully saturated rings. The molecule has 3 aromatic heterocycles. The molecule has 0 aliphatic heterocycles. The summed E-state index contributed by atoms with van der Waals surface area (Å²) in [6, 6.07) is 5.28. The van der Waals surface area contributed by atoms with Crippen molar-refractivity contribution in [2.24, 2.45) is 0 Å². The fraction of sp³-hybridized carbons (Fsp3) is 0.267. The van der Waals surface area contributed by atoms with Gasteiger partial charge in [0.25, 0.3) is 5.91 Å². The summed E-state index contributed by atoms with van der Waals surface area (Å²) in [5.74, 6) is 0.473. The van der Waals surface area contributed by atoms with E-state index in [-0.39, 0.29) is 5.91 Å². The molecule has 0 unspecified atom stereocenters. The fourth-order valence-electron chi connectivity index (χ4n) is 2.30. The molecule has 120 valence electrons. The number of halogens is 1. The average molecular weight is 378 g/mol. The molecular formula is C15H16BrN5O2. The summed E-state index contributed by atoms with van der Waals surface area (Å²) in [5, 5.41) is 11.2. The van der Waals surface area contributed by atoms with Crippen molar-refractivity contribution in [1.29, 1.82) is 0 Å². The van der Waals surface area contributed by atoms with E-state index in [9.17, 15) is 4.79 Å². The van der Waals surface area contributed by atoms with Crippen molar-refractivity contribution in [3.8, 4) is 11.5 Å². The van der Waals surface area contributed by atoms with Crippen molar-refractivity contribution >= 4 is 21.8 Å². The van der Waals surface area contributed by atoms with Crippen molar-refractivity contribution in [3.05, 3.63) is 46.5 Å². The van der Waals surface area contributed by atoms with Gasteiger partial charge in [0.1, 0.15) is 5.69 Å². The third-order valence-corrected chi connectivity index (χ3v) is 4.18. The van der Waals surface area contributed by atoms with Gasteiger partial charge >= 0.3 is 0 Å². The SMILES string of the molecule is CCn1ncc(Br)c1CN(C)C(=O)c1cc(-c2ccco2)[nH]n1. The molecule has 0 spiro atoms. The first kappa shape index (κ1) is 15.5. The number of amides is 1. The smallest absolute Gasteiger partial charge is 0.274 e. The van der Waals surface area contributed by atoms with E-state index < -0.39 is 0 Å². The van der Waals surface area contributed by atoms with Gasteiger partial charge < -0.3 is 9.32 Å². The van der Waals surface area contributed by atoms with Gasteiger partial charge in [0.2, 0.25) is 0 Å². The lowest BCUT2D eigenvalue weighted by Gasteiger charge is -2.16. The molecule has 0 aliphatic rings. The van der Waals surface area contributed by atoms with Gasteiger partial charge in [-0.15, -0.1) is 0 Å². The summed E-state index contributed by atoms with van der Waals surface area (Å²) in [7, 11) is 1.74. The van der Waals surface area contributed by atoms with E-state index in [1.807, 2.05) is 17.7 Å². The predicted molar refractivity (Wildman–Crippen MR) is 87.7 cm³/mol. The largest absolute Gasteiger partial charge is 0.463 e. The van der Waals surface area contributed by atoms with Crippen molar-refractivity contribution in [2.75, 3.05) is 7.05 Å². The average Bonchev–Trinajstić information content (AvgIpc) is 3.27. The number of aromatic nitrogens is 4. The maximum absolute atomic E-state index is 12.5. The Morgan fingerprint density at radius 3 is 3.04 bits per heavy atom. The van der Waals surface area contributed by atoms with Crippen LogP contribution in [0.15, 0.2) is 39.5 Å². The van der Waals surface area contributed by atoms with Crippen LogP contribution in [0.4, 0.5) is 0 Å².